The molecule has 0 bridgehead atoms. The molecule has 0 fully saturated rings. The van der Waals surface area contributed by atoms with Crippen LogP contribution in [0.1, 0.15) is 0 Å². The van der Waals surface area contributed by atoms with E-state index < -0.39 is 17.8 Å². The minimum atomic E-state index is -0.962. The van der Waals surface area contributed by atoms with Crippen molar-refractivity contribution in [3.05, 3.63) is 54.1 Å². The van der Waals surface area contributed by atoms with Crippen molar-refractivity contribution in [1.82, 2.24) is 0 Å². The number of methoxy groups -OCH3 is 1. The summed E-state index contributed by atoms with van der Waals surface area (Å²) in [5, 5.41) is 1.60. The van der Waals surface area contributed by atoms with Crippen molar-refractivity contribution in [2.45, 2.75) is 0 Å². The number of carbonyl (C=O) groups is 1. The number of benzene rings is 3. The van der Waals surface area contributed by atoms with E-state index in [4.69, 9.17) is 4.74 Å². The molecule has 3 aromatic rings. The van der Waals surface area contributed by atoms with Crippen LogP contribution in [0.25, 0.3) is 21.5 Å². The number of fused-ring (bicyclic) bond motifs is 2. The number of ether oxygens (including phenoxy) is 2. The Labute approximate surface area is 118 Å². The predicted molar refractivity (Wildman–Crippen MR) is 74.4 cm³/mol. The number of rotatable bonds is 1. The summed E-state index contributed by atoms with van der Waals surface area (Å²) >= 11 is 0. The first-order chi connectivity index (χ1) is 10.1. The SMILES string of the molecule is COC(=O)Oc1c2ccccc2cc2cc(F)cc(F)c12. The van der Waals surface area contributed by atoms with Gasteiger partial charge < -0.3 is 9.47 Å². The average molecular weight is 288 g/mol. The fourth-order valence-corrected chi connectivity index (χ4v) is 2.31. The van der Waals surface area contributed by atoms with Gasteiger partial charge in [0.15, 0.2) is 5.75 Å². The molecule has 0 radical (unpaired) electrons. The average Bonchev–Trinajstić information content (AvgIpc) is 2.46. The quantitative estimate of drug-likeness (QED) is 0.378. The summed E-state index contributed by atoms with van der Waals surface area (Å²) in [5.41, 5.74) is 0. The van der Waals surface area contributed by atoms with Crippen LogP contribution in [0.4, 0.5) is 13.6 Å². The zero-order chi connectivity index (χ0) is 15.0. The highest BCUT2D eigenvalue weighted by Crippen LogP contribution is 2.37. The van der Waals surface area contributed by atoms with Crippen molar-refractivity contribution in [2.24, 2.45) is 0 Å². The third kappa shape index (κ3) is 2.27. The van der Waals surface area contributed by atoms with Crippen molar-refractivity contribution in [3.8, 4) is 5.75 Å². The standard InChI is InChI=1S/C16H10F2O3/c1-20-16(19)21-15-12-5-3-2-4-9(12)6-10-7-11(17)8-13(18)14(10)15/h2-8H,1H3. The number of carbonyl (C=O) groups excluding carboxylic acids is 1. The fraction of sp³-hybridized carbons (Fsp3) is 0.0625. The molecule has 0 heterocycles. The molecule has 106 valence electrons. The Morgan fingerprint density at radius 1 is 1.05 bits per heavy atom. The summed E-state index contributed by atoms with van der Waals surface area (Å²) in [6.07, 6.45) is -0.962. The molecule has 0 N–H and O–H groups in total. The second kappa shape index (κ2) is 5.01. The fourth-order valence-electron chi connectivity index (χ4n) is 2.31. The maximum absolute atomic E-state index is 14.1. The molecule has 0 aliphatic heterocycles. The molecule has 5 heteroatoms. The van der Waals surface area contributed by atoms with E-state index in [1.807, 2.05) is 0 Å². The molecule has 0 atom stereocenters. The first-order valence-corrected chi connectivity index (χ1v) is 6.16. The summed E-state index contributed by atoms with van der Waals surface area (Å²) < 4.78 is 37.0. The van der Waals surface area contributed by atoms with Crippen LogP contribution in [0.5, 0.6) is 5.75 Å². The molecule has 0 saturated carbocycles. The van der Waals surface area contributed by atoms with Gasteiger partial charge in [-0.3, -0.25) is 0 Å². The Bertz CT molecular complexity index is 859. The molecular formula is C16H10F2O3. The van der Waals surface area contributed by atoms with Crippen molar-refractivity contribution >= 4 is 27.7 Å². The van der Waals surface area contributed by atoms with E-state index in [9.17, 15) is 13.6 Å². The van der Waals surface area contributed by atoms with Crippen molar-refractivity contribution < 1.29 is 23.0 Å². The topological polar surface area (TPSA) is 35.5 Å². The van der Waals surface area contributed by atoms with Crippen molar-refractivity contribution in [1.29, 1.82) is 0 Å². The number of halogens is 2. The minimum Gasteiger partial charge on any atom is -0.437 e. The lowest BCUT2D eigenvalue weighted by Gasteiger charge is -2.11. The zero-order valence-corrected chi connectivity index (χ0v) is 11.0. The molecule has 0 aliphatic carbocycles. The van der Waals surface area contributed by atoms with Gasteiger partial charge in [-0.1, -0.05) is 24.3 Å². The second-order valence-corrected chi connectivity index (χ2v) is 4.47. The van der Waals surface area contributed by atoms with Gasteiger partial charge in [-0.25, -0.2) is 13.6 Å². The van der Waals surface area contributed by atoms with Gasteiger partial charge in [0.05, 0.1) is 12.5 Å². The summed E-state index contributed by atoms with van der Waals surface area (Å²) in [6, 6.07) is 10.6. The van der Waals surface area contributed by atoms with E-state index in [1.165, 1.54) is 6.07 Å². The zero-order valence-electron chi connectivity index (χ0n) is 11.0. The number of hydrogen-bond donors (Lipinski definition) is 0. The Morgan fingerprint density at radius 3 is 2.57 bits per heavy atom. The molecule has 3 rings (SSSR count). The number of hydrogen-bond acceptors (Lipinski definition) is 3. The first-order valence-electron chi connectivity index (χ1n) is 6.16. The Balaban J connectivity index is 2.43. The van der Waals surface area contributed by atoms with E-state index in [0.29, 0.717) is 16.2 Å². The van der Waals surface area contributed by atoms with Crippen LogP contribution in [0.15, 0.2) is 42.5 Å². The smallest absolute Gasteiger partial charge is 0.437 e. The molecule has 21 heavy (non-hydrogen) atoms. The summed E-state index contributed by atoms with van der Waals surface area (Å²) in [6.45, 7) is 0. The van der Waals surface area contributed by atoms with Crippen LogP contribution in [0.2, 0.25) is 0 Å². The third-order valence-electron chi connectivity index (χ3n) is 3.18. The van der Waals surface area contributed by atoms with Gasteiger partial charge in [0.1, 0.15) is 11.6 Å². The molecule has 0 unspecified atom stereocenters. The van der Waals surface area contributed by atoms with E-state index in [0.717, 1.165) is 13.2 Å². The molecule has 3 nitrogen and oxygen atoms in total. The highest BCUT2D eigenvalue weighted by Gasteiger charge is 2.17. The van der Waals surface area contributed by atoms with Gasteiger partial charge in [0, 0.05) is 11.5 Å². The highest BCUT2D eigenvalue weighted by molar-refractivity contribution is 6.06. The Morgan fingerprint density at radius 2 is 1.81 bits per heavy atom. The van der Waals surface area contributed by atoms with Gasteiger partial charge in [0.2, 0.25) is 0 Å². The van der Waals surface area contributed by atoms with E-state index in [1.54, 1.807) is 30.3 Å². The molecule has 0 aliphatic rings. The van der Waals surface area contributed by atoms with Crippen LogP contribution < -0.4 is 4.74 Å². The van der Waals surface area contributed by atoms with Crippen LogP contribution in [-0.4, -0.2) is 13.3 Å². The van der Waals surface area contributed by atoms with Crippen molar-refractivity contribution in [2.75, 3.05) is 7.11 Å². The van der Waals surface area contributed by atoms with Crippen LogP contribution >= 0.6 is 0 Å². The molecular weight excluding hydrogens is 278 g/mol. The lowest BCUT2D eigenvalue weighted by molar-refractivity contribution is 0.122. The molecule has 3 aromatic carbocycles. The van der Waals surface area contributed by atoms with Gasteiger partial charge >= 0.3 is 6.16 Å². The normalized spacial score (nSPS) is 10.8. The maximum atomic E-state index is 14.1. The summed E-state index contributed by atoms with van der Waals surface area (Å²) in [5.74, 6) is -1.47. The van der Waals surface area contributed by atoms with Crippen LogP contribution in [-0.2, 0) is 4.74 Å². The summed E-state index contributed by atoms with van der Waals surface area (Å²) in [7, 11) is 1.16. The van der Waals surface area contributed by atoms with E-state index >= 15 is 0 Å². The Kier molecular flexibility index (Phi) is 3.17. The van der Waals surface area contributed by atoms with Gasteiger partial charge in [-0.15, -0.1) is 0 Å². The van der Waals surface area contributed by atoms with E-state index in [2.05, 4.69) is 4.74 Å². The predicted octanol–water partition coefficient (Wildman–Crippen LogP) is 4.42. The largest absolute Gasteiger partial charge is 0.513 e. The van der Waals surface area contributed by atoms with Crippen LogP contribution in [0, 0.1) is 11.6 Å². The van der Waals surface area contributed by atoms with Gasteiger partial charge in [-0.05, 0) is 22.9 Å². The third-order valence-corrected chi connectivity index (χ3v) is 3.18. The van der Waals surface area contributed by atoms with Gasteiger partial charge in [-0.2, -0.15) is 0 Å². The molecule has 0 amide bonds. The van der Waals surface area contributed by atoms with Crippen molar-refractivity contribution in [3.63, 3.8) is 0 Å². The van der Waals surface area contributed by atoms with Crippen LogP contribution in [0.3, 0.4) is 0 Å². The maximum Gasteiger partial charge on any atom is 0.513 e. The van der Waals surface area contributed by atoms with E-state index in [-0.39, 0.29) is 11.1 Å². The first kappa shape index (κ1) is 13.3. The highest BCUT2D eigenvalue weighted by atomic mass is 19.1. The molecule has 0 aromatic heterocycles. The monoisotopic (exact) mass is 288 g/mol. The summed E-state index contributed by atoms with van der Waals surface area (Å²) in [4.78, 5) is 11.4. The lowest BCUT2D eigenvalue weighted by atomic mass is 10.0. The minimum absolute atomic E-state index is 0.0208. The lowest BCUT2D eigenvalue weighted by Crippen LogP contribution is -2.08. The Hall–Kier alpha value is -2.69. The van der Waals surface area contributed by atoms with Gasteiger partial charge in [0.25, 0.3) is 0 Å². The second-order valence-electron chi connectivity index (χ2n) is 4.47. The molecule has 0 spiro atoms. The molecule has 0 saturated heterocycles.